The Kier molecular flexibility index (Phi) is 3.46. The highest BCUT2D eigenvalue weighted by Crippen LogP contribution is 2.45. The molecule has 0 radical (unpaired) electrons. The molecule has 3 aliphatic rings. The van der Waals surface area contributed by atoms with Crippen molar-refractivity contribution in [2.45, 2.75) is 70.2 Å². The summed E-state index contributed by atoms with van der Waals surface area (Å²) >= 11 is 0. The van der Waals surface area contributed by atoms with Crippen LogP contribution in [0.5, 0.6) is 0 Å². The summed E-state index contributed by atoms with van der Waals surface area (Å²) < 4.78 is 11.7. The summed E-state index contributed by atoms with van der Waals surface area (Å²) in [6, 6.07) is 0. The van der Waals surface area contributed by atoms with E-state index in [2.05, 4.69) is 0 Å². The molecule has 4 nitrogen and oxygen atoms in total. The Morgan fingerprint density at radius 3 is 2.53 bits per heavy atom. The molecule has 1 amide bonds. The molecule has 19 heavy (non-hydrogen) atoms. The third-order valence-electron chi connectivity index (χ3n) is 4.96. The molecule has 0 spiro atoms. The zero-order valence-corrected chi connectivity index (χ0v) is 12.1. The molecule has 0 aromatic rings. The fourth-order valence-corrected chi connectivity index (χ4v) is 3.81. The van der Waals surface area contributed by atoms with E-state index < -0.39 is 5.60 Å². The van der Waals surface area contributed by atoms with Crippen LogP contribution in [-0.4, -0.2) is 41.9 Å². The molecule has 0 saturated carbocycles. The van der Waals surface area contributed by atoms with Crippen LogP contribution in [-0.2, 0) is 9.47 Å². The molecule has 3 unspecified atom stereocenters. The Bertz CT molecular complexity index is 349. The normalized spacial score (nSPS) is 34.6. The van der Waals surface area contributed by atoms with Gasteiger partial charge in [-0.15, -0.1) is 0 Å². The lowest BCUT2D eigenvalue weighted by molar-refractivity contribution is -0.0460. The van der Waals surface area contributed by atoms with Crippen molar-refractivity contribution in [3.8, 4) is 0 Å². The third-order valence-corrected chi connectivity index (χ3v) is 4.96. The quantitative estimate of drug-likeness (QED) is 0.772. The van der Waals surface area contributed by atoms with Crippen LogP contribution in [0.2, 0.25) is 0 Å². The molecule has 3 atom stereocenters. The first-order valence-corrected chi connectivity index (χ1v) is 7.69. The van der Waals surface area contributed by atoms with E-state index in [4.69, 9.17) is 9.47 Å². The maximum Gasteiger partial charge on any atom is 0.410 e. The fraction of sp³-hybridized carbons (Fsp3) is 0.933. The largest absolute Gasteiger partial charge is 0.443 e. The van der Waals surface area contributed by atoms with Crippen molar-refractivity contribution in [1.82, 2.24) is 4.90 Å². The van der Waals surface area contributed by atoms with Crippen molar-refractivity contribution < 1.29 is 14.3 Å². The van der Waals surface area contributed by atoms with Gasteiger partial charge in [0, 0.05) is 19.0 Å². The van der Waals surface area contributed by atoms with E-state index in [9.17, 15) is 4.79 Å². The second-order valence-electron chi connectivity index (χ2n) is 6.74. The van der Waals surface area contributed by atoms with Crippen molar-refractivity contribution in [1.29, 1.82) is 0 Å². The number of fused-ring (bicyclic) bond motifs is 2. The summed E-state index contributed by atoms with van der Waals surface area (Å²) in [7, 11) is 0. The fourth-order valence-electron chi connectivity index (χ4n) is 3.81. The summed E-state index contributed by atoms with van der Waals surface area (Å²) in [5.41, 5.74) is -0.408. The van der Waals surface area contributed by atoms with Crippen molar-refractivity contribution in [3.63, 3.8) is 0 Å². The molecule has 3 rings (SSSR count). The van der Waals surface area contributed by atoms with Gasteiger partial charge in [0.25, 0.3) is 0 Å². The molecule has 3 saturated heterocycles. The van der Waals surface area contributed by atoms with Crippen LogP contribution < -0.4 is 0 Å². The highest BCUT2D eigenvalue weighted by Gasteiger charge is 2.49. The SMILES string of the molecule is CC(C)(OC(=O)N1CCCCC1)C1CC2CCC1O2. The Hall–Kier alpha value is -0.770. The predicted octanol–water partition coefficient (Wildman–Crippen LogP) is 2.96. The smallest absolute Gasteiger partial charge is 0.410 e. The monoisotopic (exact) mass is 267 g/mol. The molecular formula is C15H25NO3. The van der Waals surface area contributed by atoms with Crippen LogP contribution in [0, 0.1) is 5.92 Å². The van der Waals surface area contributed by atoms with Crippen molar-refractivity contribution >= 4 is 6.09 Å². The summed E-state index contributed by atoms with van der Waals surface area (Å²) in [4.78, 5) is 14.1. The zero-order valence-electron chi connectivity index (χ0n) is 12.1. The van der Waals surface area contributed by atoms with Crippen LogP contribution in [0.25, 0.3) is 0 Å². The van der Waals surface area contributed by atoms with E-state index >= 15 is 0 Å². The number of rotatable bonds is 2. The van der Waals surface area contributed by atoms with Crippen LogP contribution in [0.15, 0.2) is 0 Å². The Morgan fingerprint density at radius 1 is 1.21 bits per heavy atom. The van der Waals surface area contributed by atoms with Crippen LogP contribution in [0.3, 0.4) is 0 Å². The molecule has 0 aromatic carbocycles. The molecule has 0 N–H and O–H groups in total. The molecule has 0 aromatic heterocycles. The van der Waals surface area contributed by atoms with Gasteiger partial charge in [-0.3, -0.25) is 0 Å². The molecule has 108 valence electrons. The van der Waals surface area contributed by atoms with Gasteiger partial charge in [-0.2, -0.15) is 0 Å². The number of nitrogens with zero attached hydrogens (tertiary/aromatic N) is 1. The van der Waals surface area contributed by atoms with Crippen LogP contribution >= 0.6 is 0 Å². The number of likely N-dealkylation sites (tertiary alicyclic amines) is 1. The van der Waals surface area contributed by atoms with E-state index in [1.165, 1.54) is 12.8 Å². The van der Waals surface area contributed by atoms with E-state index in [0.717, 1.165) is 38.8 Å². The van der Waals surface area contributed by atoms with Gasteiger partial charge in [-0.1, -0.05) is 0 Å². The van der Waals surface area contributed by atoms with Gasteiger partial charge in [0.2, 0.25) is 0 Å². The average Bonchev–Trinajstić information content (AvgIpc) is 3.02. The van der Waals surface area contributed by atoms with Gasteiger partial charge in [0.05, 0.1) is 12.2 Å². The predicted molar refractivity (Wildman–Crippen MR) is 72.0 cm³/mol. The highest BCUT2D eigenvalue weighted by atomic mass is 16.6. The van der Waals surface area contributed by atoms with Gasteiger partial charge in [-0.25, -0.2) is 4.79 Å². The third kappa shape index (κ3) is 2.60. The van der Waals surface area contributed by atoms with Gasteiger partial charge < -0.3 is 14.4 Å². The van der Waals surface area contributed by atoms with Crippen LogP contribution in [0.4, 0.5) is 4.79 Å². The van der Waals surface area contributed by atoms with Crippen LogP contribution in [0.1, 0.15) is 52.4 Å². The maximum atomic E-state index is 12.2. The Balaban J connectivity index is 1.59. The molecule has 3 heterocycles. The number of hydrogen-bond donors (Lipinski definition) is 0. The van der Waals surface area contributed by atoms with E-state index in [0.29, 0.717) is 18.1 Å². The van der Waals surface area contributed by atoms with E-state index in [1.807, 2.05) is 18.7 Å². The standard InChI is InChI=1S/C15H25NO3/c1-15(2,12-10-11-6-7-13(12)18-11)19-14(17)16-8-4-3-5-9-16/h11-13H,3-10H2,1-2H3. The van der Waals surface area contributed by atoms with Gasteiger partial charge >= 0.3 is 6.09 Å². The Morgan fingerprint density at radius 2 is 1.95 bits per heavy atom. The summed E-state index contributed by atoms with van der Waals surface area (Å²) in [6.07, 6.45) is 7.36. The topological polar surface area (TPSA) is 38.8 Å². The maximum absolute atomic E-state index is 12.2. The minimum absolute atomic E-state index is 0.132. The lowest BCUT2D eigenvalue weighted by Crippen LogP contribution is -2.46. The minimum atomic E-state index is -0.408. The second kappa shape index (κ2) is 4.97. The van der Waals surface area contributed by atoms with Crippen molar-refractivity contribution in [2.24, 2.45) is 5.92 Å². The first-order chi connectivity index (χ1) is 9.06. The number of ether oxygens (including phenoxy) is 2. The lowest BCUT2D eigenvalue weighted by Gasteiger charge is -2.37. The molecule has 0 aliphatic carbocycles. The molecule has 4 heteroatoms. The van der Waals surface area contributed by atoms with E-state index in [-0.39, 0.29) is 6.09 Å². The average molecular weight is 267 g/mol. The van der Waals surface area contributed by atoms with E-state index in [1.54, 1.807) is 0 Å². The summed E-state index contributed by atoms with van der Waals surface area (Å²) in [5.74, 6) is 0.361. The lowest BCUT2D eigenvalue weighted by atomic mass is 9.78. The first-order valence-electron chi connectivity index (χ1n) is 7.69. The number of amides is 1. The second-order valence-corrected chi connectivity index (χ2v) is 6.74. The molecular weight excluding hydrogens is 242 g/mol. The number of piperidine rings is 1. The highest BCUT2D eigenvalue weighted by molar-refractivity contribution is 5.68. The molecule has 2 bridgehead atoms. The van der Waals surface area contributed by atoms with Gasteiger partial charge in [0.1, 0.15) is 5.60 Å². The van der Waals surface area contributed by atoms with Crippen molar-refractivity contribution in [3.05, 3.63) is 0 Å². The minimum Gasteiger partial charge on any atom is -0.443 e. The first kappa shape index (κ1) is 13.2. The summed E-state index contributed by atoms with van der Waals surface area (Å²) in [6.45, 7) is 5.79. The molecule has 3 aliphatic heterocycles. The zero-order chi connectivity index (χ0) is 13.5. The van der Waals surface area contributed by atoms with Gasteiger partial charge in [-0.05, 0) is 52.4 Å². The number of carbonyl (C=O) groups excluding carboxylic acids is 1. The van der Waals surface area contributed by atoms with Crippen molar-refractivity contribution in [2.75, 3.05) is 13.1 Å². The molecule has 3 fully saturated rings. The summed E-state index contributed by atoms with van der Waals surface area (Å²) in [5, 5.41) is 0. The van der Waals surface area contributed by atoms with Gasteiger partial charge in [0.15, 0.2) is 0 Å². The number of hydrogen-bond acceptors (Lipinski definition) is 3. The Labute approximate surface area is 115 Å². The number of carbonyl (C=O) groups is 1.